The minimum atomic E-state index is -4.52. The molecule has 47 heavy (non-hydrogen) atoms. The zero-order valence-corrected chi connectivity index (χ0v) is 25.5. The van der Waals surface area contributed by atoms with E-state index in [1.807, 2.05) is 0 Å². The van der Waals surface area contributed by atoms with E-state index in [0.29, 0.717) is 10.5 Å². The van der Waals surface area contributed by atoms with Gasteiger partial charge in [-0.3, -0.25) is 19.4 Å². The molecule has 0 saturated carbocycles. The number of pyridine rings is 1. The normalized spacial score (nSPS) is 26.8. The number of carboxylic acids is 1. The Kier molecular flexibility index (Phi) is 8.79. The minimum absolute atomic E-state index is 0.0445. The van der Waals surface area contributed by atoms with Crippen molar-refractivity contribution in [3.05, 3.63) is 71.1 Å². The number of carbonyl (C=O) groups excluding carboxylic acids is 4. The fourth-order valence-electron chi connectivity index (χ4n) is 5.62. The summed E-state index contributed by atoms with van der Waals surface area (Å²) in [6.45, 7) is 0.0792. The molecule has 2 saturated heterocycles. The highest BCUT2D eigenvalue weighted by Gasteiger charge is 2.72. The second kappa shape index (κ2) is 12.5. The molecule has 2 aromatic rings. The predicted molar refractivity (Wildman–Crippen MR) is 160 cm³/mol. The molecule has 0 bridgehead atoms. The predicted octanol–water partition coefficient (Wildman–Crippen LogP) is -0.153. The van der Waals surface area contributed by atoms with Crippen molar-refractivity contribution in [2.75, 3.05) is 13.2 Å². The van der Waals surface area contributed by atoms with Crippen LogP contribution in [-0.4, -0.2) is 104 Å². The van der Waals surface area contributed by atoms with Crippen molar-refractivity contribution in [1.82, 2.24) is 20.5 Å². The van der Waals surface area contributed by atoms with E-state index in [9.17, 15) is 52.8 Å². The van der Waals surface area contributed by atoms with E-state index in [2.05, 4.69) is 15.6 Å². The van der Waals surface area contributed by atoms with Crippen molar-refractivity contribution >= 4 is 45.6 Å². The number of β-lactam (4-membered cyclic amide) rings is 1. The monoisotopic (exact) mass is 670 g/mol. The lowest BCUT2D eigenvalue weighted by Crippen LogP contribution is -2.59. The first-order valence-corrected chi connectivity index (χ1v) is 15.7. The molecule has 5 atom stereocenters. The van der Waals surface area contributed by atoms with E-state index in [-0.39, 0.29) is 53.8 Å². The van der Waals surface area contributed by atoms with Crippen LogP contribution in [0.1, 0.15) is 35.0 Å². The largest absolute Gasteiger partial charge is 0.504 e. The molecule has 3 heterocycles. The third-order valence-corrected chi connectivity index (χ3v) is 10.9. The molecule has 3 amide bonds. The summed E-state index contributed by atoms with van der Waals surface area (Å²) in [5.41, 5.74) is 0.249. The summed E-state index contributed by atoms with van der Waals surface area (Å²) in [4.78, 5) is 67.1. The van der Waals surface area contributed by atoms with E-state index >= 15 is 0 Å². The SMILES string of the molecule is C[C@]1(COC(=O)NCc2ccc(O)c(O)c2)[C@H](C(=O)O)N2C(=O)/C(=C/c3cc(C(=O)NCC4C=CC(O)C(=O)C4)ccn3)[C@H]2S1(=O)=O. The van der Waals surface area contributed by atoms with Gasteiger partial charge in [0.2, 0.25) is 0 Å². The molecule has 5 rings (SSSR count). The highest BCUT2D eigenvalue weighted by atomic mass is 32.2. The van der Waals surface area contributed by atoms with E-state index in [1.54, 1.807) is 6.08 Å². The molecule has 1 aliphatic carbocycles. The molecule has 17 heteroatoms. The van der Waals surface area contributed by atoms with Crippen LogP contribution in [0.4, 0.5) is 4.79 Å². The Morgan fingerprint density at radius 3 is 2.53 bits per heavy atom. The number of sulfone groups is 1. The number of benzene rings is 1. The second-order valence-corrected chi connectivity index (χ2v) is 13.9. The first kappa shape index (κ1) is 33.1. The molecular weight excluding hydrogens is 640 g/mol. The summed E-state index contributed by atoms with van der Waals surface area (Å²) in [7, 11) is -4.52. The van der Waals surface area contributed by atoms with Crippen molar-refractivity contribution < 1.29 is 57.6 Å². The summed E-state index contributed by atoms with van der Waals surface area (Å²) in [6, 6.07) is 4.59. The van der Waals surface area contributed by atoms with Crippen LogP contribution in [0, 0.1) is 5.92 Å². The van der Waals surface area contributed by atoms with Crippen molar-refractivity contribution in [3.8, 4) is 11.5 Å². The summed E-state index contributed by atoms with van der Waals surface area (Å²) >= 11 is 0. The van der Waals surface area contributed by atoms with Crippen LogP contribution < -0.4 is 10.6 Å². The number of fused-ring (bicyclic) bond motifs is 1. The van der Waals surface area contributed by atoms with Gasteiger partial charge in [0.05, 0.1) is 11.3 Å². The number of carbonyl (C=O) groups is 5. The maximum atomic E-state index is 13.8. The van der Waals surface area contributed by atoms with Gasteiger partial charge in [0.25, 0.3) is 11.8 Å². The van der Waals surface area contributed by atoms with Gasteiger partial charge in [0.15, 0.2) is 38.5 Å². The van der Waals surface area contributed by atoms with Gasteiger partial charge in [-0.25, -0.2) is 18.0 Å². The number of aliphatic hydroxyl groups excluding tert-OH is 1. The van der Waals surface area contributed by atoms with Crippen LogP contribution in [-0.2, 0) is 35.5 Å². The highest BCUT2D eigenvalue weighted by Crippen LogP contribution is 2.49. The summed E-state index contributed by atoms with van der Waals surface area (Å²) in [5.74, 6) is -4.54. The number of Topliss-reactive ketones (excluding diaryl/α,β-unsaturated/α-hetero) is 1. The Morgan fingerprint density at radius 2 is 1.85 bits per heavy atom. The van der Waals surface area contributed by atoms with Gasteiger partial charge in [0.1, 0.15) is 17.5 Å². The fraction of sp³-hybridized carbons (Fsp3) is 0.333. The quantitative estimate of drug-likeness (QED) is 0.0880. The molecule has 0 spiro atoms. The van der Waals surface area contributed by atoms with Crippen LogP contribution in [0.2, 0.25) is 0 Å². The number of nitrogens with zero attached hydrogens (tertiary/aromatic N) is 2. The number of carboxylic acid groups (broad SMARTS) is 1. The summed E-state index contributed by atoms with van der Waals surface area (Å²) in [5, 5.41) is 41.8. The van der Waals surface area contributed by atoms with E-state index < -0.39 is 68.3 Å². The molecule has 0 radical (unpaired) electrons. The standard InChI is InChI=1S/C30H30N4O12S/c1-30(14-46-29(43)33-13-16-3-5-21(36)23(38)9-16)24(28(41)42)34-26(40)19(27(34)47(30,44)45)11-18-10-17(6-7-31-18)25(39)32-12-15-2-4-20(35)22(37)8-15/h2-7,9-11,15,20,24,27,35-36,38H,8,12-14H2,1H3,(H,32,39)(H,33,43)(H,41,42)/b19-11-/t15?,20?,24-,27+,30-/m0/s1. The van der Waals surface area contributed by atoms with E-state index in [0.717, 1.165) is 13.0 Å². The van der Waals surface area contributed by atoms with Gasteiger partial charge in [-0.05, 0) is 42.8 Å². The molecule has 1 aromatic heterocycles. The average molecular weight is 671 g/mol. The molecule has 248 valence electrons. The number of rotatable bonds is 9. The number of aromatic nitrogens is 1. The van der Waals surface area contributed by atoms with Crippen molar-refractivity contribution in [2.45, 2.75) is 42.2 Å². The number of ketones is 1. The third kappa shape index (κ3) is 6.14. The molecule has 2 unspecified atom stereocenters. The number of aliphatic carboxylic acids is 1. The number of ether oxygens (including phenoxy) is 1. The van der Waals surface area contributed by atoms with Crippen LogP contribution in [0.25, 0.3) is 6.08 Å². The Morgan fingerprint density at radius 1 is 1.11 bits per heavy atom. The van der Waals surface area contributed by atoms with E-state index in [1.165, 1.54) is 42.6 Å². The van der Waals surface area contributed by atoms with Crippen molar-refractivity contribution in [2.24, 2.45) is 5.92 Å². The second-order valence-electron chi connectivity index (χ2n) is 11.5. The third-order valence-electron chi connectivity index (χ3n) is 8.23. The maximum Gasteiger partial charge on any atom is 0.407 e. The minimum Gasteiger partial charge on any atom is -0.504 e. The number of nitrogens with one attached hydrogen (secondary N) is 2. The molecule has 6 N–H and O–H groups in total. The van der Waals surface area contributed by atoms with Crippen molar-refractivity contribution in [1.29, 1.82) is 0 Å². The summed E-state index contributed by atoms with van der Waals surface area (Å²) < 4.78 is 30.4. The Balaban J connectivity index is 1.29. The van der Waals surface area contributed by atoms with Crippen molar-refractivity contribution in [3.63, 3.8) is 0 Å². The summed E-state index contributed by atoms with van der Waals surface area (Å²) in [6.07, 6.45) is 3.18. The average Bonchev–Trinajstić information content (AvgIpc) is 3.19. The molecule has 2 aliphatic heterocycles. The van der Waals surface area contributed by atoms with Crippen LogP contribution in [0.3, 0.4) is 0 Å². The molecule has 2 fully saturated rings. The fourth-order valence-corrected chi connectivity index (χ4v) is 7.90. The Hall–Kier alpha value is -5.29. The smallest absolute Gasteiger partial charge is 0.407 e. The highest BCUT2D eigenvalue weighted by molar-refractivity contribution is 7.94. The van der Waals surface area contributed by atoms with Gasteiger partial charge in [-0.1, -0.05) is 18.2 Å². The lowest BCUT2D eigenvalue weighted by molar-refractivity contribution is -0.153. The number of aliphatic hydroxyl groups is 1. The molecular formula is C30H30N4O12S. The number of amides is 3. The Bertz CT molecular complexity index is 1840. The lowest BCUT2D eigenvalue weighted by Gasteiger charge is -2.37. The number of hydrogen-bond acceptors (Lipinski definition) is 12. The Labute approximate surface area is 267 Å². The van der Waals surface area contributed by atoms with Gasteiger partial charge < -0.3 is 40.7 Å². The van der Waals surface area contributed by atoms with Gasteiger partial charge in [0, 0.05) is 37.2 Å². The lowest BCUT2D eigenvalue weighted by atomic mass is 9.93. The number of hydrogen-bond donors (Lipinski definition) is 6. The maximum absolute atomic E-state index is 13.8. The van der Waals surface area contributed by atoms with Gasteiger partial charge in [-0.15, -0.1) is 0 Å². The van der Waals surface area contributed by atoms with Gasteiger partial charge in [-0.2, -0.15) is 0 Å². The zero-order valence-electron chi connectivity index (χ0n) is 24.7. The van der Waals surface area contributed by atoms with Gasteiger partial charge >= 0.3 is 12.1 Å². The number of aromatic hydroxyl groups is 2. The first-order chi connectivity index (χ1) is 22.1. The number of phenols is 2. The number of alkyl carbamates (subject to hydrolysis) is 1. The van der Waals surface area contributed by atoms with E-state index in [4.69, 9.17) is 4.74 Å². The molecule has 3 aliphatic rings. The molecule has 1 aromatic carbocycles. The number of phenolic OH excluding ortho intramolecular Hbond substituents is 2. The zero-order chi connectivity index (χ0) is 34.3. The van der Waals surface area contributed by atoms with Crippen LogP contribution in [0.15, 0.2) is 54.3 Å². The van der Waals surface area contributed by atoms with Crippen LogP contribution >= 0.6 is 0 Å². The van der Waals surface area contributed by atoms with Crippen LogP contribution in [0.5, 0.6) is 11.5 Å². The first-order valence-electron chi connectivity index (χ1n) is 14.2. The topological polar surface area (TPSA) is 250 Å². The molecule has 16 nitrogen and oxygen atoms in total.